The molecule has 26 heavy (non-hydrogen) atoms. The maximum absolute atomic E-state index is 12.2. The van der Waals surface area contributed by atoms with E-state index in [1.165, 1.54) is 5.56 Å². The number of nitrogens with zero attached hydrogens (tertiary/aromatic N) is 3. The van der Waals surface area contributed by atoms with Crippen molar-refractivity contribution in [1.29, 1.82) is 0 Å². The largest absolute Gasteiger partial charge is 0.467 e. The van der Waals surface area contributed by atoms with E-state index >= 15 is 0 Å². The van der Waals surface area contributed by atoms with E-state index in [2.05, 4.69) is 26.9 Å². The second kappa shape index (κ2) is 7.91. The third kappa shape index (κ3) is 3.90. The lowest BCUT2D eigenvalue weighted by Crippen LogP contribution is -2.22. The Morgan fingerprint density at radius 3 is 2.77 bits per heavy atom. The first-order chi connectivity index (χ1) is 12.8. The van der Waals surface area contributed by atoms with E-state index in [-0.39, 0.29) is 5.25 Å². The molecule has 0 radical (unpaired) electrons. The van der Waals surface area contributed by atoms with Crippen LogP contribution >= 0.6 is 11.8 Å². The van der Waals surface area contributed by atoms with Crippen molar-refractivity contribution >= 4 is 17.5 Å². The first-order valence-corrected chi connectivity index (χ1v) is 9.85. The molecular formula is C20H21N3O2S. The van der Waals surface area contributed by atoms with E-state index in [0.717, 1.165) is 36.0 Å². The van der Waals surface area contributed by atoms with Crippen LogP contribution in [0.25, 0.3) is 0 Å². The van der Waals surface area contributed by atoms with E-state index in [4.69, 9.17) is 4.42 Å². The van der Waals surface area contributed by atoms with Gasteiger partial charge in [-0.3, -0.25) is 9.36 Å². The third-order valence-electron chi connectivity index (χ3n) is 4.64. The van der Waals surface area contributed by atoms with Crippen molar-refractivity contribution in [2.24, 2.45) is 0 Å². The van der Waals surface area contributed by atoms with E-state index in [1.54, 1.807) is 18.0 Å². The molecule has 1 saturated carbocycles. The van der Waals surface area contributed by atoms with Crippen LogP contribution in [0.4, 0.5) is 0 Å². The van der Waals surface area contributed by atoms with Crippen LogP contribution in [0.2, 0.25) is 0 Å². The number of thioether (sulfide) groups is 1. The minimum Gasteiger partial charge on any atom is -0.467 e. The number of aromatic nitrogens is 3. The molecule has 1 aromatic carbocycles. The Labute approximate surface area is 156 Å². The van der Waals surface area contributed by atoms with Crippen molar-refractivity contribution in [1.82, 2.24) is 14.8 Å². The summed E-state index contributed by atoms with van der Waals surface area (Å²) in [6.07, 6.45) is 6.09. The fourth-order valence-electron chi connectivity index (χ4n) is 3.24. The molecule has 3 aromatic rings. The molecule has 0 bridgehead atoms. The second-order valence-electron chi connectivity index (χ2n) is 6.55. The summed E-state index contributed by atoms with van der Waals surface area (Å²) in [5, 5.41) is 9.62. The Morgan fingerprint density at radius 1 is 1.12 bits per heavy atom. The van der Waals surface area contributed by atoms with Crippen LogP contribution in [-0.2, 0) is 17.8 Å². The lowest BCUT2D eigenvalue weighted by molar-refractivity contribution is -0.119. The van der Waals surface area contributed by atoms with Gasteiger partial charge in [-0.1, -0.05) is 48.5 Å². The minimum absolute atomic E-state index is 0.00660. The molecule has 6 heteroatoms. The number of furan rings is 1. The summed E-state index contributed by atoms with van der Waals surface area (Å²) in [5.41, 5.74) is 1.19. The average molecular weight is 367 g/mol. The van der Waals surface area contributed by atoms with Crippen LogP contribution in [0.3, 0.4) is 0 Å². The highest BCUT2D eigenvalue weighted by atomic mass is 32.2. The number of ketones is 1. The average Bonchev–Trinajstić information content (AvgIpc) is 3.30. The van der Waals surface area contributed by atoms with Gasteiger partial charge >= 0.3 is 0 Å². The van der Waals surface area contributed by atoms with Crippen molar-refractivity contribution in [3.63, 3.8) is 0 Å². The topological polar surface area (TPSA) is 60.9 Å². The molecule has 0 aliphatic heterocycles. The Bertz CT molecular complexity index is 859. The third-order valence-corrected chi connectivity index (χ3v) is 5.93. The molecule has 0 spiro atoms. The maximum atomic E-state index is 12.2. The number of benzene rings is 1. The van der Waals surface area contributed by atoms with Gasteiger partial charge in [0.2, 0.25) is 0 Å². The van der Waals surface area contributed by atoms with Crippen LogP contribution in [0.5, 0.6) is 0 Å². The predicted molar refractivity (Wildman–Crippen MR) is 100 cm³/mol. The molecule has 1 aliphatic rings. The van der Waals surface area contributed by atoms with Crippen LogP contribution < -0.4 is 0 Å². The van der Waals surface area contributed by atoms with Crippen LogP contribution in [-0.4, -0.2) is 25.8 Å². The van der Waals surface area contributed by atoms with Crippen LogP contribution in [0.15, 0.2) is 58.3 Å². The highest BCUT2D eigenvalue weighted by molar-refractivity contribution is 8.00. The summed E-state index contributed by atoms with van der Waals surface area (Å²) in [6, 6.07) is 14.1. The summed E-state index contributed by atoms with van der Waals surface area (Å²) < 4.78 is 7.61. The van der Waals surface area contributed by atoms with Crippen LogP contribution in [0, 0.1) is 0 Å². The number of rotatable bonds is 6. The van der Waals surface area contributed by atoms with E-state index < -0.39 is 0 Å². The van der Waals surface area contributed by atoms with Crippen molar-refractivity contribution in [3.05, 3.63) is 65.9 Å². The van der Waals surface area contributed by atoms with Gasteiger partial charge in [-0.25, -0.2) is 0 Å². The Kier molecular flexibility index (Phi) is 5.20. The highest BCUT2D eigenvalue weighted by Gasteiger charge is 2.26. The summed E-state index contributed by atoms with van der Waals surface area (Å²) >= 11 is 1.55. The molecular weight excluding hydrogens is 346 g/mol. The minimum atomic E-state index is -0.00660. The summed E-state index contributed by atoms with van der Waals surface area (Å²) in [5.74, 6) is 2.08. The van der Waals surface area contributed by atoms with Gasteiger partial charge in [-0.05, 0) is 30.5 Å². The fourth-order valence-corrected chi connectivity index (χ4v) is 4.41. The Morgan fingerprint density at radius 2 is 2.00 bits per heavy atom. The molecule has 1 aliphatic carbocycles. The first-order valence-electron chi connectivity index (χ1n) is 8.97. The van der Waals surface area contributed by atoms with Gasteiger partial charge in [0.15, 0.2) is 5.16 Å². The normalized spacial score (nSPS) is 17.5. The molecule has 134 valence electrons. The van der Waals surface area contributed by atoms with Crippen molar-refractivity contribution in [3.8, 4) is 0 Å². The van der Waals surface area contributed by atoms with Gasteiger partial charge in [0.1, 0.15) is 17.4 Å². The van der Waals surface area contributed by atoms with Crippen molar-refractivity contribution in [2.45, 2.75) is 49.1 Å². The molecule has 0 saturated heterocycles. The number of carbonyl (C=O) groups excluding carboxylic acids is 1. The lowest BCUT2D eigenvalue weighted by atomic mass is 9.99. The quantitative estimate of drug-likeness (QED) is 0.656. The number of Topliss-reactive ketones (excluding diaryl/α,β-unsaturated/α-hetero) is 1. The Hall–Kier alpha value is -2.34. The van der Waals surface area contributed by atoms with Gasteiger partial charge in [0, 0.05) is 12.8 Å². The lowest BCUT2D eigenvalue weighted by Gasteiger charge is -2.19. The van der Waals surface area contributed by atoms with Crippen molar-refractivity contribution < 1.29 is 9.21 Å². The summed E-state index contributed by atoms with van der Waals surface area (Å²) in [6.45, 7) is 0.575. The zero-order valence-electron chi connectivity index (χ0n) is 14.5. The molecule has 5 nitrogen and oxygen atoms in total. The highest BCUT2D eigenvalue weighted by Crippen LogP contribution is 2.31. The van der Waals surface area contributed by atoms with Crippen molar-refractivity contribution in [2.75, 3.05) is 0 Å². The van der Waals surface area contributed by atoms with E-state index in [0.29, 0.717) is 25.2 Å². The van der Waals surface area contributed by atoms with Gasteiger partial charge in [0.05, 0.1) is 18.1 Å². The van der Waals surface area contributed by atoms with Gasteiger partial charge in [-0.2, -0.15) is 0 Å². The predicted octanol–water partition coefficient (Wildman–Crippen LogP) is 4.11. The fraction of sp³-hybridized carbons (Fsp3) is 0.350. The van der Waals surface area contributed by atoms with Crippen LogP contribution in [0.1, 0.15) is 42.8 Å². The molecule has 2 aromatic heterocycles. The summed E-state index contributed by atoms with van der Waals surface area (Å²) in [7, 11) is 0. The SMILES string of the molecule is O=C1CCCC[C@@H]1Sc1nnc(Cc2ccccc2)n1Cc1ccco1. The van der Waals surface area contributed by atoms with Gasteiger partial charge in [0.25, 0.3) is 0 Å². The zero-order chi connectivity index (χ0) is 17.8. The zero-order valence-corrected chi connectivity index (χ0v) is 15.3. The molecule has 4 rings (SSSR count). The molecule has 0 unspecified atom stereocenters. The van der Waals surface area contributed by atoms with E-state index in [1.807, 2.05) is 30.3 Å². The number of hydrogen-bond acceptors (Lipinski definition) is 5. The first kappa shape index (κ1) is 17.1. The molecule has 0 N–H and O–H groups in total. The maximum Gasteiger partial charge on any atom is 0.192 e. The monoisotopic (exact) mass is 367 g/mol. The molecule has 1 atom stereocenters. The van der Waals surface area contributed by atoms with Gasteiger partial charge in [-0.15, -0.1) is 10.2 Å². The standard InChI is InChI=1S/C20H21N3O2S/c24-17-10-4-5-11-18(17)26-20-22-21-19(13-15-7-2-1-3-8-15)23(20)14-16-9-6-12-25-16/h1-3,6-9,12,18H,4-5,10-11,13-14H2/t18-/m0/s1. The molecule has 2 heterocycles. The smallest absolute Gasteiger partial charge is 0.192 e. The van der Waals surface area contributed by atoms with Gasteiger partial charge < -0.3 is 4.42 Å². The second-order valence-corrected chi connectivity index (χ2v) is 7.72. The summed E-state index contributed by atoms with van der Waals surface area (Å²) in [4.78, 5) is 12.2. The number of carbonyl (C=O) groups is 1. The number of hydrogen-bond donors (Lipinski definition) is 0. The Balaban J connectivity index is 1.61. The van der Waals surface area contributed by atoms with E-state index in [9.17, 15) is 4.79 Å². The molecule has 0 amide bonds. The molecule has 1 fully saturated rings.